The van der Waals surface area contributed by atoms with Crippen molar-refractivity contribution < 1.29 is 24.2 Å². The molecule has 24 heavy (non-hydrogen) atoms. The molecule has 1 N–H and O–H groups in total. The van der Waals surface area contributed by atoms with Gasteiger partial charge in [-0.25, -0.2) is 0 Å². The van der Waals surface area contributed by atoms with Crippen LogP contribution in [0, 0.1) is 0 Å². The average molecular weight is 328 g/mol. The molecule has 0 saturated heterocycles. The molecular weight excluding hydrogens is 310 g/mol. The summed E-state index contributed by atoms with van der Waals surface area (Å²) >= 11 is 0. The van der Waals surface area contributed by atoms with Crippen molar-refractivity contribution in [2.24, 2.45) is 0 Å². The van der Waals surface area contributed by atoms with E-state index in [1.54, 1.807) is 48.5 Å². The van der Waals surface area contributed by atoms with Gasteiger partial charge in [0.15, 0.2) is 6.61 Å². The van der Waals surface area contributed by atoms with Gasteiger partial charge in [0.2, 0.25) is 0 Å². The highest BCUT2D eigenvalue weighted by Crippen LogP contribution is 2.20. The average Bonchev–Trinajstić information content (AvgIpc) is 2.60. The SMILES string of the molecule is COc1ccc([C@@H](CC(=O)[O-])NC(=O)COc2ccccc2)cc1. The summed E-state index contributed by atoms with van der Waals surface area (Å²) in [7, 11) is 1.54. The molecule has 6 nitrogen and oxygen atoms in total. The second-order valence-corrected chi connectivity index (χ2v) is 5.07. The number of amides is 1. The predicted molar refractivity (Wildman–Crippen MR) is 85.4 cm³/mol. The summed E-state index contributed by atoms with van der Waals surface area (Å²) in [6, 6.07) is 15.0. The standard InChI is InChI=1S/C18H19NO5/c1-23-14-9-7-13(8-10-14)16(11-18(21)22)19-17(20)12-24-15-5-3-2-4-6-15/h2-10,16H,11-12H2,1H3,(H,19,20)(H,21,22)/p-1/t16-/m1/s1. The minimum absolute atomic E-state index is 0.205. The van der Waals surface area contributed by atoms with Gasteiger partial charge in [-0.05, 0) is 29.8 Å². The highest BCUT2D eigenvalue weighted by atomic mass is 16.5. The summed E-state index contributed by atoms with van der Waals surface area (Å²) in [4.78, 5) is 23.0. The van der Waals surface area contributed by atoms with Gasteiger partial charge in [0.25, 0.3) is 5.91 Å². The van der Waals surface area contributed by atoms with Crippen LogP contribution < -0.4 is 19.9 Å². The molecule has 2 rings (SSSR count). The number of ether oxygens (including phenoxy) is 2. The van der Waals surface area contributed by atoms with Crippen LogP contribution in [0.2, 0.25) is 0 Å². The lowest BCUT2D eigenvalue weighted by molar-refractivity contribution is -0.306. The fourth-order valence-electron chi connectivity index (χ4n) is 2.16. The molecule has 0 heterocycles. The normalized spacial score (nSPS) is 11.4. The zero-order chi connectivity index (χ0) is 17.4. The lowest BCUT2D eigenvalue weighted by Crippen LogP contribution is -2.36. The van der Waals surface area contributed by atoms with Gasteiger partial charge in [-0.2, -0.15) is 0 Å². The molecular formula is C18H18NO5-. The molecule has 0 aliphatic carbocycles. The minimum Gasteiger partial charge on any atom is -0.550 e. The first kappa shape index (κ1) is 17.3. The molecule has 0 saturated carbocycles. The lowest BCUT2D eigenvalue weighted by atomic mass is 10.0. The van der Waals surface area contributed by atoms with E-state index in [2.05, 4.69) is 5.32 Å². The largest absolute Gasteiger partial charge is 0.550 e. The van der Waals surface area contributed by atoms with Crippen molar-refractivity contribution in [3.8, 4) is 11.5 Å². The maximum atomic E-state index is 12.0. The Balaban J connectivity index is 1.99. The number of hydrogen-bond acceptors (Lipinski definition) is 5. The molecule has 2 aromatic rings. The number of rotatable bonds is 8. The molecule has 0 fully saturated rings. The zero-order valence-electron chi connectivity index (χ0n) is 13.2. The van der Waals surface area contributed by atoms with E-state index in [-0.39, 0.29) is 13.0 Å². The number of carbonyl (C=O) groups is 2. The van der Waals surface area contributed by atoms with Crippen molar-refractivity contribution in [1.82, 2.24) is 5.32 Å². The van der Waals surface area contributed by atoms with Gasteiger partial charge in [0.1, 0.15) is 11.5 Å². The van der Waals surface area contributed by atoms with Crippen LogP contribution in [0.5, 0.6) is 11.5 Å². The number of aliphatic carboxylic acids is 1. The fraction of sp³-hybridized carbons (Fsp3) is 0.222. The van der Waals surface area contributed by atoms with Gasteiger partial charge < -0.3 is 24.7 Å². The molecule has 1 atom stereocenters. The Kier molecular flexibility index (Phi) is 6.19. The Hall–Kier alpha value is -3.02. The zero-order valence-corrected chi connectivity index (χ0v) is 13.2. The number of methoxy groups -OCH3 is 1. The van der Waals surface area contributed by atoms with Crippen molar-refractivity contribution in [2.45, 2.75) is 12.5 Å². The van der Waals surface area contributed by atoms with E-state index in [4.69, 9.17) is 9.47 Å². The Morgan fingerprint density at radius 1 is 1.04 bits per heavy atom. The molecule has 0 aliphatic rings. The van der Waals surface area contributed by atoms with Crippen LogP contribution in [-0.4, -0.2) is 25.6 Å². The number of benzene rings is 2. The van der Waals surface area contributed by atoms with E-state index in [0.29, 0.717) is 17.1 Å². The summed E-state index contributed by atoms with van der Waals surface area (Å²) in [6.07, 6.45) is -0.330. The van der Waals surface area contributed by atoms with Gasteiger partial charge in [0, 0.05) is 12.4 Å². The minimum atomic E-state index is -1.25. The molecule has 0 unspecified atom stereocenters. The van der Waals surface area contributed by atoms with Gasteiger partial charge in [-0.1, -0.05) is 30.3 Å². The van der Waals surface area contributed by atoms with Crippen molar-refractivity contribution >= 4 is 11.9 Å². The second-order valence-electron chi connectivity index (χ2n) is 5.07. The first-order valence-corrected chi connectivity index (χ1v) is 7.39. The Morgan fingerprint density at radius 3 is 2.29 bits per heavy atom. The van der Waals surface area contributed by atoms with Crippen LogP contribution in [0.3, 0.4) is 0 Å². The maximum Gasteiger partial charge on any atom is 0.258 e. The number of carbonyl (C=O) groups excluding carboxylic acids is 2. The summed E-state index contributed by atoms with van der Waals surface area (Å²) in [5.74, 6) is -0.459. The van der Waals surface area contributed by atoms with Crippen LogP contribution in [0.1, 0.15) is 18.0 Å². The predicted octanol–water partition coefficient (Wildman–Crippen LogP) is 1.07. The Morgan fingerprint density at radius 2 is 1.71 bits per heavy atom. The highest BCUT2D eigenvalue weighted by Gasteiger charge is 2.15. The van der Waals surface area contributed by atoms with Crippen molar-refractivity contribution in [1.29, 1.82) is 0 Å². The third-order valence-corrected chi connectivity index (χ3v) is 3.34. The molecule has 0 aliphatic heterocycles. The third kappa shape index (κ3) is 5.31. The van der Waals surface area contributed by atoms with Crippen LogP contribution in [0.4, 0.5) is 0 Å². The van der Waals surface area contributed by atoms with Crippen molar-refractivity contribution in [3.05, 3.63) is 60.2 Å². The van der Waals surface area contributed by atoms with E-state index in [0.717, 1.165) is 0 Å². The summed E-state index contributed by atoms with van der Waals surface area (Å²) < 4.78 is 10.4. The number of carboxylic acids is 1. The molecule has 1 amide bonds. The molecule has 0 radical (unpaired) electrons. The first-order valence-electron chi connectivity index (χ1n) is 7.39. The van der Waals surface area contributed by atoms with E-state index in [9.17, 15) is 14.7 Å². The topological polar surface area (TPSA) is 87.7 Å². The number of nitrogens with one attached hydrogen (secondary N) is 1. The number of carboxylic acid groups (broad SMARTS) is 1. The Bertz CT molecular complexity index is 670. The van der Waals surface area contributed by atoms with Crippen LogP contribution >= 0.6 is 0 Å². The van der Waals surface area contributed by atoms with E-state index < -0.39 is 17.9 Å². The maximum absolute atomic E-state index is 12.0. The smallest absolute Gasteiger partial charge is 0.258 e. The van der Waals surface area contributed by atoms with Gasteiger partial charge >= 0.3 is 0 Å². The molecule has 6 heteroatoms. The lowest BCUT2D eigenvalue weighted by Gasteiger charge is -2.20. The monoisotopic (exact) mass is 328 g/mol. The highest BCUT2D eigenvalue weighted by molar-refractivity contribution is 5.79. The van der Waals surface area contributed by atoms with Crippen molar-refractivity contribution in [2.75, 3.05) is 13.7 Å². The molecule has 0 aromatic heterocycles. The molecule has 0 bridgehead atoms. The fourth-order valence-corrected chi connectivity index (χ4v) is 2.16. The van der Waals surface area contributed by atoms with Gasteiger partial charge in [-0.15, -0.1) is 0 Å². The molecule has 0 spiro atoms. The summed E-state index contributed by atoms with van der Waals surface area (Å²) in [5.41, 5.74) is 0.646. The van der Waals surface area contributed by atoms with Gasteiger partial charge in [0.05, 0.1) is 13.2 Å². The second kappa shape index (κ2) is 8.57. The van der Waals surface area contributed by atoms with E-state index in [1.165, 1.54) is 7.11 Å². The van der Waals surface area contributed by atoms with Crippen molar-refractivity contribution in [3.63, 3.8) is 0 Å². The molecule has 126 valence electrons. The molecule has 2 aromatic carbocycles. The number of para-hydroxylation sites is 1. The summed E-state index contributed by atoms with van der Waals surface area (Å²) in [6.45, 7) is -0.205. The number of hydrogen-bond donors (Lipinski definition) is 1. The quantitative estimate of drug-likeness (QED) is 0.783. The van der Waals surface area contributed by atoms with Crippen LogP contribution in [0.15, 0.2) is 54.6 Å². The van der Waals surface area contributed by atoms with Gasteiger partial charge in [-0.3, -0.25) is 4.79 Å². The van der Waals surface area contributed by atoms with E-state index >= 15 is 0 Å². The van der Waals surface area contributed by atoms with E-state index in [1.807, 2.05) is 6.07 Å². The third-order valence-electron chi connectivity index (χ3n) is 3.34. The first-order chi connectivity index (χ1) is 11.6. The van der Waals surface area contributed by atoms with Crippen LogP contribution in [0.25, 0.3) is 0 Å². The Labute approximate surface area is 140 Å². The van der Waals surface area contributed by atoms with Crippen LogP contribution in [-0.2, 0) is 9.59 Å². The summed E-state index contributed by atoms with van der Waals surface area (Å²) in [5, 5.41) is 13.6.